The number of carbonyl (C=O) groups excluding carboxylic acids is 1. The summed E-state index contributed by atoms with van der Waals surface area (Å²) in [7, 11) is 3.33. The van der Waals surface area contributed by atoms with Crippen molar-refractivity contribution in [2.45, 2.75) is 26.7 Å². The molecule has 1 unspecified atom stereocenters. The van der Waals surface area contributed by atoms with Crippen LogP contribution in [0.2, 0.25) is 0 Å². The molecule has 0 aliphatic rings. The van der Waals surface area contributed by atoms with Crippen molar-refractivity contribution in [3.05, 3.63) is 53.0 Å². The molecule has 0 saturated heterocycles. The van der Waals surface area contributed by atoms with Crippen molar-refractivity contribution in [3.63, 3.8) is 0 Å². The number of benzene rings is 1. The van der Waals surface area contributed by atoms with Crippen LogP contribution in [0.1, 0.15) is 46.1 Å². The van der Waals surface area contributed by atoms with Gasteiger partial charge in [-0.05, 0) is 30.0 Å². The van der Waals surface area contributed by atoms with Crippen LogP contribution in [0.3, 0.4) is 0 Å². The van der Waals surface area contributed by atoms with Gasteiger partial charge in [-0.25, -0.2) is 4.79 Å². The van der Waals surface area contributed by atoms with E-state index in [0.29, 0.717) is 18.7 Å². The summed E-state index contributed by atoms with van der Waals surface area (Å²) < 4.78 is 10.6. The van der Waals surface area contributed by atoms with Crippen LogP contribution < -0.4 is 4.74 Å². The van der Waals surface area contributed by atoms with E-state index in [1.54, 1.807) is 26.0 Å². The molecule has 1 aromatic heterocycles. The fraction of sp³-hybridized carbons (Fsp3) is 0.400. The quantitative estimate of drug-likeness (QED) is 0.780. The molecule has 1 heterocycles. The molecule has 0 radical (unpaired) electrons. The molecule has 0 fully saturated rings. The zero-order valence-corrected chi connectivity index (χ0v) is 15.6. The second kappa shape index (κ2) is 8.56. The van der Waals surface area contributed by atoms with Gasteiger partial charge in [0.2, 0.25) is 0 Å². The third-order valence-corrected chi connectivity index (χ3v) is 4.25. The lowest BCUT2D eigenvalue weighted by Crippen LogP contribution is -2.31. The predicted octanol–water partition coefficient (Wildman–Crippen LogP) is 3.50. The van der Waals surface area contributed by atoms with Gasteiger partial charge in [-0.3, -0.25) is 4.79 Å². The Hall–Kier alpha value is -2.76. The minimum atomic E-state index is -1.08. The zero-order valence-electron chi connectivity index (χ0n) is 15.6. The minimum Gasteiger partial charge on any atom is -0.497 e. The third-order valence-electron chi connectivity index (χ3n) is 4.25. The molecule has 140 valence electrons. The van der Waals surface area contributed by atoms with Crippen LogP contribution in [0.4, 0.5) is 0 Å². The van der Waals surface area contributed by atoms with Crippen molar-refractivity contribution in [2.24, 2.45) is 5.92 Å². The van der Waals surface area contributed by atoms with Crippen LogP contribution in [0.25, 0.3) is 0 Å². The van der Waals surface area contributed by atoms with E-state index in [1.165, 1.54) is 11.6 Å². The minimum absolute atomic E-state index is 0.0514. The summed E-state index contributed by atoms with van der Waals surface area (Å²) in [5.41, 5.74) is 1.22. The number of carboxylic acid groups (broad SMARTS) is 1. The average molecular weight is 359 g/mol. The highest BCUT2D eigenvalue weighted by atomic mass is 16.5. The van der Waals surface area contributed by atoms with E-state index in [1.807, 2.05) is 24.3 Å². The Morgan fingerprint density at radius 1 is 1.27 bits per heavy atom. The van der Waals surface area contributed by atoms with Gasteiger partial charge < -0.3 is 19.2 Å². The molecule has 2 rings (SSSR count). The molecule has 6 heteroatoms. The van der Waals surface area contributed by atoms with Crippen molar-refractivity contribution in [2.75, 3.05) is 20.7 Å². The molecule has 26 heavy (non-hydrogen) atoms. The van der Waals surface area contributed by atoms with E-state index in [2.05, 4.69) is 6.92 Å². The van der Waals surface area contributed by atoms with Gasteiger partial charge in [-0.2, -0.15) is 0 Å². The number of aromatic carboxylic acids is 1. The Morgan fingerprint density at radius 3 is 2.42 bits per heavy atom. The number of hydrogen-bond acceptors (Lipinski definition) is 4. The molecule has 6 nitrogen and oxygen atoms in total. The smallest absolute Gasteiger partial charge is 0.339 e. The first-order valence-electron chi connectivity index (χ1n) is 8.60. The first-order chi connectivity index (χ1) is 12.3. The number of carboxylic acids is 1. The second-order valence-corrected chi connectivity index (χ2v) is 6.45. The van der Waals surface area contributed by atoms with Crippen molar-refractivity contribution < 1.29 is 23.8 Å². The Morgan fingerprint density at radius 2 is 1.92 bits per heavy atom. The highest BCUT2D eigenvalue weighted by molar-refractivity contribution is 5.96. The summed E-state index contributed by atoms with van der Waals surface area (Å²) in [6, 6.07) is 9.17. The number of hydrogen-bond donors (Lipinski definition) is 1. The fourth-order valence-electron chi connectivity index (χ4n) is 2.94. The molecule has 0 saturated carbocycles. The maximum Gasteiger partial charge on any atom is 0.339 e. The molecular formula is C20H25NO5. The van der Waals surface area contributed by atoms with Crippen LogP contribution >= 0.6 is 0 Å². The number of methoxy groups -OCH3 is 1. The van der Waals surface area contributed by atoms with Crippen molar-refractivity contribution >= 4 is 11.9 Å². The van der Waals surface area contributed by atoms with Crippen molar-refractivity contribution in [3.8, 4) is 5.75 Å². The normalized spacial score (nSPS) is 11.8. The van der Waals surface area contributed by atoms with Crippen LogP contribution in [0, 0.1) is 5.92 Å². The highest BCUT2D eigenvalue weighted by Crippen LogP contribution is 2.19. The van der Waals surface area contributed by atoms with Gasteiger partial charge in [0, 0.05) is 26.1 Å². The number of nitrogens with zero attached hydrogens (tertiary/aromatic N) is 1. The molecule has 1 N–H and O–H groups in total. The summed E-state index contributed by atoms with van der Waals surface area (Å²) in [5.74, 6) is 0.0391. The number of ether oxygens (including phenoxy) is 1. The largest absolute Gasteiger partial charge is 0.497 e. The summed E-state index contributed by atoms with van der Waals surface area (Å²) in [4.78, 5) is 25.3. The SMILES string of the molecule is CCc1oc(C(=O)N(C)CC(C)Cc2ccc(OC)cc2)cc1C(=O)O. The molecule has 0 aliphatic heterocycles. The van der Waals surface area contributed by atoms with Crippen LogP contribution in [0.5, 0.6) is 5.75 Å². The van der Waals surface area contributed by atoms with E-state index in [9.17, 15) is 14.7 Å². The number of carbonyl (C=O) groups is 2. The predicted molar refractivity (Wildman–Crippen MR) is 97.9 cm³/mol. The highest BCUT2D eigenvalue weighted by Gasteiger charge is 2.23. The lowest BCUT2D eigenvalue weighted by molar-refractivity contribution is 0.0692. The first kappa shape index (κ1) is 19.6. The van der Waals surface area contributed by atoms with Gasteiger partial charge in [0.05, 0.1) is 7.11 Å². The lowest BCUT2D eigenvalue weighted by atomic mass is 10.0. The number of rotatable bonds is 8. The average Bonchev–Trinajstić information content (AvgIpc) is 3.06. The fourth-order valence-corrected chi connectivity index (χ4v) is 2.94. The number of aryl methyl sites for hydroxylation is 1. The van der Waals surface area contributed by atoms with E-state index in [0.717, 1.165) is 12.2 Å². The Labute approximate surface area is 153 Å². The topological polar surface area (TPSA) is 80.0 Å². The van der Waals surface area contributed by atoms with Gasteiger partial charge >= 0.3 is 5.97 Å². The Balaban J connectivity index is 2.00. The molecule has 2 aromatic rings. The molecular weight excluding hydrogens is 334 g/mol. The number of amides is 1. The number of furan rings is 1. The maximum absolute atomic E-state index is 12.5. The van der Waals surface area contributed by atoms with Gasteiger partial charge in [0.15, 0.2) is 5.76 Å². The molecule has 0 spiro atoms. The lowest BCUT2D eigenvalue weighted by Gasteiger charge is -2.21. The molecule has 0 bridgehead atoms. The summed E-state index contributed by atoms with van der Waals surface area (Å²) >= 11 is 0. The monoisotopic (exact) mass is 359 g/mol. The standard InChI is InChI=1S/C20H25NO5/c1-5-17-16(20(23)24)11-18(26-17)19(22)21(3)12-13(2)10-14-6-8-15(25-4)9-7-14/h6-9,11,13H,5,10,12H2,1-4H3,(H,23,24). The summed E-state index contributed by atoms with van der Waals surface area (Å²) in [5, 5.41) is 9.18. The van der Waals surface area contributed by atoms with Gasteiger partial charge in [0.25, 0.3) is 5.91 Å². The van der Waals surface area contributed by atoms with Crippen LogP contribution in [-0.4, -0.2) is 42.6 Å². The maximum atomic E-state index is 12.5. The van der Waals surface area contributed by atoms with Gasteiger partial charge in [-0.15, -0.1) is 0 Å². The van der Waals surface area contributed by atoms with E-state index in [4.69, 9.17) is 9.15 Å². The van der Waals surface area contributed by atoms with Crippen molar-refractivity contribution in [1.29, 1.82) is 0 Å². The molecule has 1 aromatic carbocycles. The van der Waals surface area contributed by atoms with E-state index < -0.39 is 5.97 Å². The molecule has 1 amide bonds. The molecule has 0 aliphatic carbocycles. The zero-order chi connectivity index (χ0) is 19.3. The molecule has 1 atom stereocenters. The Bertz CT molecular complexity index is 763. The van der Waals surface area contributed by atoms with Crippen molar-refractivity contribution in [1.82, 2.24) is 4.90 Å². The Kier molecular flexibility index (Phi) is 6.44. The van der Waals surface area contributed by atoms with E-state index >= 15 is 0 Å². The second-order valence-electron chi connectivity index (χ2n) is 6.45. The van der Waals surface area contributed by atoms with Gasteiger partial charge in [0.1, 0.15) is 17.1 Å². The summed E-state index contributed by atoms with van der Waals surface area (Å²) in [6.07, 6.45) is 1.24. The summed E-state index contributed by atoms with van der Waals surface area (Å²) in [6.45, 7) is 4.39. The van der Waals surface area contributed by atoms with E-state index in [-0.39, 0.29) is 23.1 Å². The third kappa shape index (κ3) is 4.65. The van der Waals surface area contributed by atoms with Gasteiger partial charge in [-0.1, -0.05) is 26.0 Å². The first-order valence-corrected chi connectivity index (χ1v) is 8.60. The van der Waals surface area contributed by atoms with Crippen LogP contribution in [-0.2, 0) is 12.8 Å². The van der Waals surface area contributed by atoms with Crippen LogP contribution in [0.15, 0.2) is 34.7 Å².